The Labute approximate surface area is 106 Å². The van der Waals surface area contributed by atoms with Gasteiger partial charge in [-0.2, -0.15) is 0 Å². The zero-order valence-corrected chi connectivity index (χ0v) is 10.2. The molecule has 0 saturated carbocycles. The van der Waals surface area contributed by atoms with E-state index in [9.17, 15) is 9.18 Å². The van der Waals surface area contributed by atoms with Crippen LogP contribution in [0.5, 0.6) is 0 Å². The summed E-state index contributed by atoms with van der Waals surface area (Å²) < 4.78 is 12.9. The number of carbonyl (C=O) groups is 1. The van der Waals surface area contributed by atoms with E-state index in [0.29, 0.717) is 18.3 Å². The lowest BCUT2D eigenvalue weighted by atomic mass is 10.1. The van der Waals surface area contributed by atoms with E-state index in [0.717, 1.165) is 13.0 Å². The van der Waals surface area contributed by atoms with Crippen LogP contribution in [0.1, 0.15) is 19.3 Å². The number of urea groups is 1. The van der Waals surface area contributed by atoms with Crippen molar-refractivity contribution in [3.8, 4) is 0 Å². The fraction of sp³-hybridized carbons (Fsp3) is 0.462. The molecule has 1 fully saturated rings. The number of nitrogens with one attached hydrogen (secondary N) is 3. The number of hydrogen-bond acceptors (Lipinski definition) is 2. The Morgan fingerprint density at radius 3 is 3.11 bits per heavy atom. The largest absolute Gasteiger partial charge is 0.338 e. The summed E-state index contributed by atoms with van der Waals surface area (Å²) in [5.74, 6) is -0.358. The van der Waals surface area contributed by atoms with Gasteiger partial charge >= 0.3 is 6.03 Å². The van der Waals surface area contributed by atoms with Crippen LogP contribution < -0.4 is 16.0 Å². The molecule has 5 heteroatoms. The molecule has 1 unspecified atom stereocenters. The second-order valence-corrected chi connectivity index (χ2v) is 4.47. The summed E-state index contributed by atoms with van der Waals surface area (Å²) in [7, 11) is 0. The van der Waals surface area contributed by atoms with E-state index in [2.05, 4.69) is 16.0 Å². The number of anilines is 1. The zero-order valence-electron chi connectivity index (χ0n) is 10.2. The van der Waals surface area contributed by atoms with Crippen molar-refractivity contribution >= 4 is 11.7 Å². The summed E-state index contributed by atoms with van der Waals surface area (Å²) in [4.78, 5) is 11.5. The minimum atomic E-state index is -0.358. The van der Waals surface area contributed by atoms with Crippen LogP contribution in [-0.2, 0) is 0 Å². The van der Waals surface area contributed by atoms with Crippen molar-refractivity contribution in [2.24, 2.45) is 0 Å². The summed E-state index contributed by atoms with van der Waals surface area (Å²) >= 11 is 0. The monoisotopic (exact) mass is 251 g/mol. The van der Waals surface area contributed by atoms with Gasteiger partial charge in [0.05, 0.1) is 0 Å². The van der Waals surface area contributed by atoms with Gasteiger partial charge in [0.25, 0.3) is 0 Å². The zero-order chi connectivity index (χ0) is 12.8. The standard InChI is InChI=1S/C13H18FN3O/c14-10-3-1-4-12(9-10)17-13(18)16-8-6-11-5-2-7-15-11/h1,3-4,9,11,15H,2,5-8H2,(H2,16,17,18). The Morgan fingerprint density at radius 2 is 2.39 bits per heavy atom. The van der Waals surface area contributed by atoms with Crippen molar-refractivity contribution in [3.63, 3.8) is 0 Å². The van der Waals surface area contributed by atoms with Crippen LogP contribution in [0, 0.1) is 5.82 Å². The summed E-state index contributed by atoms with van der Waals surface area (Å²) in [6, 6.07) is 6.07. The van der Waals surface area contributed by atoms with Crippen molar-refractivity contribution in [3.05, 3.63) is 30.1 Å². The van der Waals surface area contributed by atoms with E-state index in [1.165, 1.54) is 25.0 Å². The molecule has 1 aromatic carbocycles. The lowest BCUT2D eigenvalue weighted by Crippen LogP contribution is -2.33. The van der Waals surface area contributed by atoms with Crippen LogP contribution in [0.15, 0.2) is 24.3 Å². The van der Waals surface area contributed by atoms with Gasteiger partial charge in [-0.15, -0.1) is 0 Å². The van der Waals surface area contributed by atoms with Crippen molar-refractivity contribution in [1.82, 2.24) is 10.6 Å². The van der Waals surface area contributed by atoms with Crippen molar-refractivity contribution in [1.29, 1.82) is 0 Å². The van der Waals surface area contributed by atoms with E-state index in [1.807, 2.05) is 0 Å². The average molecular weight is 251 g/mol. The maximum atomic E-state index is 12.9. The first-order chi connectivity index (χ1) is 8.74. The molecule has 3 N–H and O–H groups in total. The fourth-order valence-corrected chi connectivity index (χ4v) is 2.10. The lowest BCUT2D eigenvalue weighted by molar-refractivity contribution is 0.251. The fourth-order valence-electron chi connectivity index (χ4n) is 2.10. The van der Waals surface area contributed by atoms with Gasteiger partial charge in [0.2, 0.25) is 0 Å². The molecule has 0 aliphatic carbocycles. The smallest absolute Gasteiger partial charge is 0.319 e. The van der Waals surface area contributed by atoms with Crippen LogP contribution in [0.3, 0.4) is 0 Å². The molecule has 18 heavy (non-hydrogen) atoms. The van der Waals surface area contributed by atoms with Crippen LogP contribution in [-0.4, -0.2) is 25.2 Å². The molecule has 1 aromatic rings. The quantitative estimate of drug-likeness (QED) is 0.767. The van der Waals surface area contributed by atoms with Gasteiger partial charge < -0.3 is 16.0 Å². The number of halogens is 1. The highest BCUT2D eigenvalue weighted by atomic mass is 19.1. The van der Waals surface area contributed by atoms with E-state index < -0.39 is 0 Å². The molecule has 0 aromatic heterocycles. The predicted octanol–water partition coefficient (Wildman–Crippen LogP) is 2.09. The first-order valence-corrected chi connectivity index (χ1v) is 6.28. The molecule has 1 saturated heterocycles. The normalized spacial score (nSPS) is 18.6. The Bertz CT molecular complexity index is 405. The van der Waals surface area contributed by atoms with E-state index in [1.54, 1.807) is 12.1 Å². The number of carbonyl (C=O) groups excluding carboxylic acids is 1. The first kappa shape index (κ1) is 12.8. The average Bonchev–Trinajstić information content (AvgIpc) is 2.82. The minimum absolute atomic E-state index is 0.293. The van der Waals surface area contributed by atoms with Gasteiger partial charge in [-0.05, 0) is 44.0 Å². The Hall–Kier alpha value is -1.62. The van der Waals surface area contributed by atoms with E-state index in [-0.39, 0.29) is 11.8 Å². The van der Waals surface area contributed by atoms with E-state index >= 15 is 0 Å². The van der Waals surface area contributed by atoms with E-state index in [4.69, 9.17) is 0 Å². The SMILES string of the molecule is O=C(NCCC1CCCN1)Nc1cccc(F)c1. The molecular formula is C13H18FN3O. The molecule has 1 aliphatic rings. The summed E-state index contributed by atoms with van der Waals surface area (Å²) in [6.07, 6.45) is 3.31. The van der Waals surface area contributed by atoms with Crippen molar-refractivity contribution in [2.45, 2.75) is 25.3 Å². The number of benzene rings is 1. The second kappa shape index (κ2) is 6.35. The molecule has 2 amide bonds. The topological polar surface area (TPSA) is 53.2 Å². The van der Waals surface area contributed by atoms with Gasteiger partial charge in [-0.3, -0.25) is 0 Å². The summed E-state index contributed by atoms with van der Waals surface area (Å²) in [6.45, 7) is 1.69. The molecule has 0 spiro atoms. The second-order valence-electron chi connectivity index (χ2n) is 4.47. The van der Waals surface area contributed by atoms with Crippen molar-refractivity contribution in [2.75, 3.05) is 18.4 Å². The highest BCUT2D eigenvalue weighted by molar-refractivity contribution is 5.89. The van der Waals surface area contributed by atoms with Gasteiger partial charge in [0.1, 0.15) is 5.82 Å². The molecule has 4 nitrogen and oxygen atoms in total. The van der Waals surface area contributed by atoms with Gasteiger partial charge in [0.15, 0.2) is 0 Å². The molecular weight excluding hydrogens is 233 g/mol. The number of hydrogen-bond donors (Lipinski definition) is 3. The third-order valence-electron chi connectivity index (χ3n) is 3.02. The van der Waals surface area contributed by atoms with Crippen LogP contribution in [0.2, 0.25) is 0 Å². The molecule has 1 heterocycles. The van der Waals surface area contributed by atoms with Gasteiger partial charge in [-0.1, -0.05) is 6.07 Å². The lowest BCUT2D eigenvalue weighted by Gasteiger charge is -2.11. The highest BCUT2D eigenvalue weighted by Crippen LogP contribution is 2.09. The molecule has 0 radical (unpaired) electrons. The Balaban J connectivity index is 1.68. The van der Waals surface area contributed by atoms with Crippen LogP contribution in [0.4, 0.5) is 14.9 Å². The Morgan fingerprint density at radius 1 is 1.50 bits per heavy atom. The van der Waals surface area contributed by atoms with Crippen LogP contribution in [0.25, 0.3) is 0 Å². The Kier molecular flexibility index (Phi) is 4.52. The molecule has 0 bridgehead atoms. The van der Waals surface area contributed by atoms with Crippen molar-refractivity contribution < 1.29 is 9.18 Å². The first-order valence-electron chi connectivity index (χ1n) is 6.28. The third kappa shape index (κ3) is 4.00. The predicted molar refractivity (Wildman–Crippen MR) is 69.1 cm³/mol. The molecule has 2 rings (SSSR count). The minimum Gasteiger partial charge on any atom is -0.338 e. The highest BCUT2D eigenvalue weighted by Gasteiger charge is 2.13. The van der Waals surface area contributed by atoms with Gasteiger partial charge in [-0.25, -0.2) is 9.18 Å². The molecule has 1 aliphatic heterocycles. The summed E-state index contributed by atoms with van der Waals surface area (Å²) in [5, 5.41) is 8.73. The maximum Gasteiger partial charge on any atom is 0.319 e. The third-order valence-corrected chi connectivity index (χ3v) is 3.02. The van der Waals surface area contributed by atoms with Gasteiger partial charge in [0, 0.05) is 18.3 Å². The maximum absolute atomic E-state index is 12.9. The molecule has 98 valence electrons. The molecule has 1 atom stereocenters. The summed E-state index contributed by atoms with van der Waals surface area (Å²) in [5.41, 5.74) is 0.464. The number of rotatable bonds is 4. The number of amides is 2. The van der Waals surface area contributed by atoms with Crippen LogP contribution >= 0.6 is 0 Å².